The number of methoxy groups -OCH3 is 1. The molecule has 4 aromatic rings. The van der Waals surface area contributed by atoms with Gasteiger partial charge in [-0.05, 0) is 82.9 Å². The molecule has 1 N–H and O–H groups in total. The monoisotopic (exact) mass is 757 g/mol. The molecule has 1 aliphatic heterocycles. The number of halogens is 2. The van der Waals surface area contributed by atoms with Crippen LogP contribution in [0.5, 0.6) is 0 Å². The summed E-state index contributed by atoms with van der Waals surface area (Å²) in [4.78, 5) is 30.0. The van der Waals surface area contributed by atoms with Crippen molar-refractivity contribution in [3.63, 3.8) is 0 Å². The summed E-state index contributed by atoms with van der Waals surface area (Å²) < 4.78 is 12.6. The van der Waals surface area contributed by atoms with Crippen LogP contribution in [0.3, 0.4) is 0 Å². The molecule has 9 heteroatoms. The highest BCUT2D eigenvalue weighted by Gasteiger charge is 2.57. The predicted octanol–water partition coefficient (Wildman–Crippen LogP) is 8.19. The van der Waals surface area contributed by atoms with E-state index < -0.39 is 32.2 Å². The number of nitrogens with zero attached hydrogens (tertiary/aromatic N) is 1. The smallest absolute Gasteiger partial charge is 0.312 e. The molecule has 0 radical (unpaired) electrons. The summed E-state index contributed by atoms with van der Waals surface area (Å²) in [7, 11) is -1.46. The molecule has 1 heterocycles. The maximum Gasteiger partial charge on any atom is 0.312 e. The van der Waals surface area contributed by atoms with Gasteiger partial charge in [-0.15, -0.1) is 0 Å². The van der Waals surface area contributed by atoms with Gasteiger partial charge in [-0.3, -0.25) is 9.59 Å². The molecule has 6 nitrogen and oxygen atoms in total. The van der Waals surface area contributed by atoms with Gasteiger partial charge in [0, 0.05) is 28.6 Å². The van der Waals surface area contributed by atoms with E-state index in [0.717, 1.165) is 24.0 Å². The summed E-state index contributed by atoms with van der Waals surface area (Å²) in [5.41, 5.74) is 0.669. The van der Waals surface area contributed by atoms with E-state index in [4.69, 9.17) is 32.4 Å². The van der Waals surface area contributed by atoms with Crippen LogP contribution in [0, 0.1) is 17.3 Å². The Morgan fingerprint density at radius 1 is 0.904 bits per heavy atom. The van der Waals surface area contributed by atoms with Gasteiger partial charge in [0.05, 0.1) is 31.1 Å². The molecule has 1 saturated carbocycles. The number of likely N-dealkylation sites (tertiary alicyclic amines) is 1. The molecular formula is C43H49Cl2NO5Si. The number of rotatable bonds is 12. The van der Waals surface area contributed by atoms with Gasteiger partial charge in [-0.2, -0.15) is 0 Å². The van der Waals surface area contributed by atoms with Crippen molar-refractivity contribution >= 4 is 53.8 Å². The normalized spacial score (nSPS) is 24.0. The lowest BCUT2D eigenvalue weighted by Crippen LogP contribution is -2.67. The van der Waals surface area contributed by atoms with Gasteiger partial charge in [-0.25, -0.2) is 0 Å². The van der Waals surface area contributed by atoms with Crippen molar-refractivity contribution in [3.8, 4) is 0 Å². The topological polar surface area (TPSA) is 76.1 Å². The van der Waals surface area contributed by atoms with Crippen LogP contribution in [0.1, 0.15) is 70.0 Å². The van der Waals surface area contributed by atoms with E-state index in [1.807, 2.05) is 53.4 Å². The van der Waals surface area contributed by atoms with E-state index in [2.05, 4.69) is 81.4 Å². The van der Waals surface area contributed by atoms with Crippen molar-refractivity contribution < 1.29 is 23.9 Å². The summed E-state index contributed by atoms with van der Waals surface area (Å²) in [6.07, 6.45) is 1.97. The Morgan fingerprint density at radius 3 is 2.06 bits per heavy atom. The number of carbonyl (C=O) groups is 2. The molecule has 6 unspecified atom stereocenters. The lowest BCUT2D eigenvalue weighted by Gasteiger charge is -2.51. The molecule has 0 aromatic heterocycles. The highest BCUT2D eigenvalue weighted by molar-refractivity contribution is 6.99. The first-order valence-corrected chi connectivity index (χ1v) is 20.8. The number of ether oxygens (including phenoxy) is 1. The second-order valence-corrected chi connectivity index (χ2v) is 20.8. The molecule has 1 aliphatic carbocycles. The van der Waals surface area contributed by atoms with E-state index in [0.29, 0.717) is 23.0 Å². The van der Waals surface area contributed by atoms with Crippen LogP contribution < -0.4 is 10.4 Å². The molecule has 274 valence electrons. The van der Waals surface area contributed by atoms with Crippen molar-refractivity contribution in [2.24, 2.45) is 17.3 Å². The number of amides is 1. The molecular weight excluding hydrogens is 709 g/mol. The number of carbonyl (C=O) groups excluding carboxylic acids is 2. The van der Waals surface area contributed by atoms with E-state index in [9.17, 15) is 14.7 Å². The molecule has 52 heavy (non-hydrogen) atoms. The minimum atomic E-state index is -2.75. The maximum atomic E-state index is 14.9. The average molecular weight is 759 g/mol. The van der Waals surface area contributed by atoms with Gasteiger partial charge in [0.15, 0.2) is 0 Å². The number of hydrogen-bond acceptors (Lipinski definition) is 5. The number of aliphatic hydroxyl groups excluding tert-OH is 1. The SMILES string of the molecule is COC(=O)C(CO)C1(C)CC(c2cccc(Cl)c2)C(c2ccc(Cl)cc2)N(CCC2CC2O[Si](c2ccccc2)(c2ccccc2)C(C)(C)C)C1=O. The minimum Gasteiger partial charge on any atom is -0.469 e. The van der Waals surface area contributed by atoms with Gasteiger partial charge < -0.3 is 19.2 Å². The zero-order valence-corrected chi connectivity index (χ0v) is 33.1. The van der Waals surface area contributed by atoms with E-state index in [-0.39, 0.29) is 34.9 Å². The number of aliphatic hydroxyl groups is 1. The Kier molecular flexibility index (Phi) is 11.4. The van der Waals surface area contributed by atoms with E-state index in [1.54, 1.807) is 6.92 Å². The fourth-order valence-electron chi connectivity index (χ4n) is 8.54. The van der Waals surface area contributed by atoms with Crippen LogP contribution >= 0.6 is 23.2 Å². The van der Waals surface area contributed by atoms with Gasteiger partial charge in [0.2, 0.25) is 5.91 Å². The summed E-state index contributed by atoms with van der Waals surface area (Å²) >= 11 is 12.9. The van der Waals surface area contributed by atoms with Crippen molar-refractivity contribution in [1.29, 1.82) is 0 Å². The van der Waals surface area contributed by atoms with Crippen molar-refractivity contribution in [2.75, 3.05) is 20.3 Å². The Morgan fingerprint density at radius 2 is 1.52 bits per heavy atom. The average Bonchev–Trinajstić information content (AvgIpc) is 3.89. The standard InChI is InChI=1S/C43H49Cl2NO5Si/c1-42(2,3)52(34-15-8-6-9-16-34,35-17-10-7-11-18-35)51-38-26-31(38)23-24-46-39(29-19-21-32(44)22-20-29)36(30-13-12-14-33(45)25-30)27-43(4,41(46)49)37(28-47)40(48)50-5/h6-22,25,31,36-39,47H,23-24,26-28H2,1-5H3. The molecule has 4 aromatic carbocycles. The lowest BCUT2D eigenvalue weighted by atomic mass is 9.63. The quantitative estimate of drug-likeness (QED) is 0.117. The number of esters is 1. The van der Waals surface area contributed by atoms with Crippen LogP contribution in [-0.2, 0) is 18.8 Å². The molecule has 2 fully saturated rings. The predicted molar refractivity (Wildman–Crippen MR) is 211 cm³/mol. The zero-order valence-electron chi connectivity index (χ0n) is 30.6. The third-order valence-electron chi connectivity index (χ3n) is 11.4. The van der Waals surface area contributed by atoms with E-state index in [1.165, 1.54) is 17.5 Å². The molecule has 1 amide bonds. The van der Waals surface area contributed by atoms with Gasteiger partial charge in [0.25, 0.3) is 8.32 Å². The van der Waals surface area contributed by atoms with Gasteiger partial charge in [-0.1, -0.05) is 129 Å². The van der Waals surface area contributed by atoms with Crippen molar-refractivity contribution in [3.05, 3.63) is 130 Å². The van der Waals surface area contributed by atoms with Crippen LogP contribution in [0.15, 0.2) is 109 Å². The molecule has 0 bridgehead atoms. The third kappa shape index (κ3) is 7.36. The van der Waals surface area contributed by atoms with E-state index >= 15 is 0 Å². The van der Waals surface area contributed by atoms with Gasteiger partial charge >= 0.3 is 5.97 Å². The van der Waals surface area contributed by atoms with Crippen molar-refractivity contribution in [1.82, 2.24) is 4.90 Å². The molecule has 6 atom stereocenters. The number of piperidine rings is 1. The fourth-order valence-corrected chi connectivity index (χ4v) is 13.6. The first-order chi connectivity index (χ1) is 24.8. The van der Waals surface area contributed by atoms with Crippen molar-refractivity contribution in [2.45, 2.75) is 70.1 Å². The van der Waals surface area contributed by atoms with Crippen LogP contribution in [0.25, 0.3) is 0 Å². The fraction of sp³-hybridized carbons (Fsp3) is 0.395. The second-order valence-electron chi connectivity index (χ2n) is 15.6. The summed E-state index contributed by atoms with van der Waals surface area (Å²) in [6, 6.07) is 36.3. The van der Waals surface area contributed by atoms with Gasteiger partial charge in [0.1, 0.15) is 0 Å². The summed E-state index contributed by atoms with van der Waals surface area (Å²) in [6.45, 7) is 8.60. The Balaban J connectivity index is 1.36. The second kappa shape index (κ2) is 15.5. The Bertz CT molecular complexity index is 1810. The summed E-state index contributed by atoms with van der Waals surface area (Å²) in [5, 5.41) is 14.1. The molecule has 2 aliphatic rings. The molecule has 6 rings (SSSR count). The maximum absolute atomic E-state index is 14.9. The number of hydrogen-bond donors (Lipinski definition) is 1. The Hall–Kier alpha value is -3.46. The van der Waals surface area contributed by atoms with Crippen LogP contribution in [-0.4, -0.2) is 56.6 Å². The first-order valence-electron chi connectivity index (χ1n) is 18.1. The minimum absolute atomic E-state index is 0.0375. The Labute approximate surface area is 319 Å². The third-order valence-corrected chi connectivity index (χ3v) is 16.9. The zero-order chi connectivity index (χ0) is 37.3. The molecule has 1 saturated heterocycles. The van der Waals surface area contributed by atoms with Crippen LogP contribution in [0.2, 0.25) is 15.1 Å². The summed E-state index contributed by atoms with van der Waals surface area (Å²) in [5.74, 6) is -1.81. The first kappa shape index (κ1) is 38.3. The van der Waals surface area contributed by atoms with Crippen LogP contribution in [0.4, 0.5) is 0 Å². The highest BCUT2D eigenvalue weighted by Crippen LogP contribution is 2.54. The lowest BCUT2D eigenvalue weighted by molar-refractivity contribution is -0.169. The molecule has 0 spiro atoms. The number of benzene rings is 4. The largest absolute Gasteiger partial charge is 0.469 e. The highest BCUT2D eigenvalue weighted by atomic mass is 35.5.